The predicted molar refractivity (Wildman–Crippen MR) is 308 cm³/mol. The Bertz CT molecular complexity index is 3210. The highest BCUT2D eigenvalue weighted by molar-refractivity contribution is 7.00. The summed E-state index contributed by atoms with van der Waals surface area (Å²) in [5, 5.41) is 0. The van der Waals surface area contributed by atoms with Crippen LogP contribution in [0, 0.1) is 6.92 Å². The third-order valence-corrected chi connectivity index (χ3v) is 17.6. The molecule has 0 unspecified atom stereocenters. The molecule has 362 valence electrons. The summed E-state index contributed by atoms with van der Waals surface area (Å²) in [7, 11) is 0. The van der Waals surface area contributed by atoms with Crippen molar-refractivity contribution in [1.29, 1.82) is 0 Å². The van der Waals surface area contributed by atoms with Crippen molar-refractivity contribution in [3.05, 3.63) is 178 Å². The topological polar surface area (TPSA) is 9.72 Å². The van der Waals surface area contributed by atoms with E-state index in [4.69, 9.17) is 0 Å². The Labute approximate surface area is 427 Å². The minimum atomic E-state index is -0.0458. The molecular formula is C67H76BN3. The van der Waals surface area contributed by atoms with Gasteiger partial charge in [-0.15, -0.1) is 0 Å². The monoisotopic (exact) mass is 934 g/mol. The molecule has 2 aliphatic heterocycles. The van der Waals surface area contributed by atoms with Gasteiger partial charge in [0.1, 0.15) is 0 Å². The zero-order chi connectivity index (χ0) is 50.4. The summed E-state index contributed by atoms with van der Waals surface area (Å²) >= 11 is 0. The van der Waals surface area contributed by atoms with E-state index in [-0.39, 0.29) is 39.2 Å². The van der Waals surface area contributed by atoms with E-state index in [0.717, 1.165) is 36.3 Å². The highest BCUT2D eigenvalue weighted by Crippen LogP contribution is 2.54. The summed E-state index contributed by atoms with van der Waals surface area (Å²) in [5.41, 5.74) is 25.1. The number of fused-ring (bicyclic) bond motifs is 6. The number of rotatable bonds is 5. The first-order valence-electron chi connectivity index (χ1n) is 26.6. The van der Waals surface area contributed by atoms with Crippen LogP contribution in [-0.4, -0.2) is 6.71 Å². The lowest BCUT2D eigenvalue weighted by molar-refractivity contribution is 0.332. The molecule has 3 nitrogen and oxygen atoms in total. The van der Waals surface area contributed by atoms with Crippen molar-refractivity contribution in [2.45, 2.75) is 162 Å². The van der Waals surface area contributed by atoms with Gasteiger partial charge in [-0.25, -0.2) is 0 Å². The highest BCUT2D eigenvalue weighted by Gasteiger charge is 2.48. The zero-order valence-electron chi connectivity index (χ0n) is 45.5. The Morgan fingerprint density at radius 3 is 1.45 bits per heavy atom. The van der Waals surface area contributed by atoms with Crippen molar-refractivity contribution in [3.8, 4) is 0 Å². The van der Waals surface area contributed by atoms with E-state index in [1.54, 1.807) is 0 Å². The van der Waals surface area contributed by atoms with Crippen LogP contribution in [0.4, 0.5) is 51.2 Å². The lowest BCUT2D eigenvalue weighted by atomic mass is 9.33. The highest BCUT2D eigenvalue weighted by atomic mass is 15.2. The minimum absolute atomic E-state index is 0.0130. The summed E-state index contributed by atoms with van der Waals surface area (Å²) in [6.07, 6.45) is 4.67. The van der Waals surface area contributed by atoms with E-state index in [2.05, 4.69) is 258 Å². The standard InChI is InChI=1S/C67H76BN3/c1-43-26-27-45(63(5,6)7)37-57(43)71-56-31-28-44(62(2,3)4)36-54(56)68-55-41-52-53(67(14,15)35-34-66(52,12)13)42-58(55)70(48-29-30-50-51(38-48)65(10,11)33-32-64(50,8)9)59-39-49(40-60(71)61(59)68)69(46-22-18-16-19-23-46)47-24-20-17-21-25-47/h16-31,36-42H,32-35H2,1-15H3. The normalized spacial score (nSPS) is 17.9. The van der Waals surface area contributed by atoms with Gasteiger partial charge in [0.05, 0.1) is 5.69 Å². The molecule has 0 amide bonds. The quantitative estimate of drug-likeness (QED) is 0.159. The van der Waals surface area contributed by atoms with Gasteiger partial charge in [-0.1, -0.05) is 170 Å². The molecule has 0 spiro atoms. The molecule has 7 aromatic rings. The number of para-hydroxylation sites is 2. The molecule has 0 aromatic heterocycles. The first kappa shape index (κ1) is 47.3. The number of hydrogen-bond acceptors (Lipinski definition) is 3. The molecule has 11 rings (SSSR count). The summed E-state index contributed by atoms with van der Waals surface area (Å²) < 4.78 is 0. The Balaban J connectivity index is 1.33. The van der Waals surface area contributed by atoms with Gasteiger partial charge in [0.25, 0.3) is 6.71 Å². The SMILES string of the molecule is Cc1ccc(C(C)(C)C)cc1N1c2ccc(C(C)(C)C)cc2B2c3cc4c(cc3N(c3ccc5c(c3)C(C)(C)CCC5(C)C)c3cc(N(c5ccccc5)c5ccccc5)cc1c32)C(C)(C)CCC4(C)C. The van der Waals surface area contributed by atoms with Gasteiger partial charge >= 0.3 is 0 Å². The van der Waals surface area contributed by atoms with Gasteiger partial charge in [0.2, 0.25) is 0 Å². The number of nitrogens with zero attached hydrogens (tertiary/aromatic N) is 3. The summed E-state index contributed by atoms with van der Waals surface area (Å²) in [5.74, 6) is 0. The van der Waals surface area contributed by atoms with Crippen molar-refractivity contribution in [3.63, 3.8) is 0 Å². The summed E-state index contributed by atoms with van der Waals surface area (Å²) in [6.45, 7) is 36.3. The van der Waals surface area contributed by atoms with E-state index < -0.39 is 0 Å². The smallest absolute Gasteiger partial charge is 0.252 e. The molecule has 4 aliphatic rings. The Hall–Kier alpha value is -6.00. The van der Waals surface area contributed by atoms with Crippen molar-refractivity contribution in [2.24, 2.45) is 0 Å². The van der Waals surface area contributed by atoms with Crippen molar-refractivity contribution < 1.29 is 0 Å². The number of benzene rings is 7. The lowest BCUT2D eigenvalue weighted by Crippen LogP contribution is -2.62. The van der Waals surface area contributed by atoms with Gasteiger partial charge in [-0.05, 0) is 187 Å². The number of hydrogen-bond donors (Lipinski definition) is 0. The average Bonchev–Trinajstić information content (AvgIpc) is 3.32. The van der Waals surface area contributed by atoms with Crippen LogP contribution >= 0.6 is 0 Å². The first-order valence-corrected chi connectivity index (χ1v) is 26.6. The lowest BCUT2D eigenvalue weighted by Gasteiger charge is -2.48. The maximum Gasteiger partial charge on any atom is 0.252 e. The van der Waals surface area contributed by atoms with E-state index >= 15 is 0 Å². The van der Waals surface area contributed by atoms with Crippen LogP contribution in [0.5, 0.6) is 0 Å². The maximum absolute atomic E-state index is 2.72. The average molecular weight is 934 g/mol. The van der Waals surface area contributed by atoms with Crippen LogP contribution in [0.25, 0.3) is 0 Å². The van der Waals surface area contributed by atoms with E-state index in [1.807, 2.05) is 0 Å². The molecular weight excluding hydrogens is 858 g/mol. The molecule has 4 heteroatoms. The van der Waals surface area contributed by atoms with Crippen molar-refractivity contribution >= 4 is 74.3 Å². The molecule has 7 aromatic carbocycles. The number of anilines is 9. The second-order valence-corrected chi connectivity index (χ2v) is 26.5. The van der Waals surface area contributed by atoms with Crippen molar-refractivity contribution in [2.75, 3.05) is 14.7 Å². The van der Waals surface area contributed by atoms with Gasteiger partial charge in [0, 0.05) is 45.5 Å². The minimum Gasteiger partial charge on any atom is -0.311 e. The van der Waals surface area contributed by atoms with E-state index in [0.29, 0.717) is 0 Å². The molecule has 0 radical (unpaired) electrons. The predicted octanol–water partition coefficient (Wildman–Crippen LogP) is 16.8. The fraction of sp³-hybridized carbons (Fsp3) is 0.373. The molecule has 0 N–H and O–H groups in total. The second-order valence-electron chi connectivity index (χ2n) is 26.5. The van der Waals surface area contributed by atoms with Crippen LogP contribution in [0.3, 0.4) is 0 Å². The molecule has 2 aliphatic carbocycles. The van der Waals surface area contributed by atoms with Crippen LogP contribution in [0.15, 0.2) is 140 Å². The van der Waals surface area contributed by atoms with Gasteiger partial charge in [0.15, 0.2) is 0 Å². The van der Waals surface area contributed by atoms with Crippen LogP contribution in [-0.2, 0) is 32.5 Å². The Kier molecular flexibility index (Phi) is 10.7. The van der Waals surface area contributed by atoms with Gasteiger partial charge in [-0.3, -0.25) is 0 Å². The molecule has 0 fully saturated rings. The van der Waals surface area contributed by atoms with Gasteiger partial charge in [-0.2, -0.15) is 0 Å². The Morgan fingerprint density at radius 2 is 0.887 bits per heavy atom. The molecule has 71 heavy (non-hydrogen) atoms. The van der Waals surface area contributed by atoms with Crippen LogP contribution in [0.1, 0.15) is 162 Å². The molecule has 0 bridgehead atoms. The third kappa shape index (κ3) is 7.68. The molecule has 0 saturated carbocycles. The number of aryl methyl sites for hydroxylation is 1. The molecule has 0 saturated heterocycles. The summed E-state index contributed by atoms with van der Waals surface area (Å²) in [6, 6.07) is 54.7. The fourth-order valence-electron chi connectivity index (χ4n) is 12.8. The zero-order valence-corrected chi connectivity index (χ0v) is 45.5. The van der Waals surface area contributed by atoms with Crippen LogP contribution in [0.2, 0.25) is 0 Å². The third-order valence-electron chi connectivity index (χ3n) is 17.6. The Morgan fingerprint density at radius 1 is 0.408 bits per heavy atom. The molecule has 0 atom stereocenters. The largest absolute Gasteiger partial charge is 0.311 e. The fourth-order valence-corrected chi connectivity index (χ4v) is 12.8. The van der Waals surface area contributed by atoms with Crippen LogP contribution < -0.4 is 31.1 Å². The first-order chi connectivity index (χ1) is 33.4. The van der Waals surface area contributed by atoms with E-state index in [9.17, 15) is 0 Å². The second kappa shape index (κ2) is 16.0. The maximum atomic E-state index is 2.72. The van der Waals surface area contributed by atoms with E-state index in [1.165, 1.54) is 95.9 Å². The molecule has 2 heterocycles. The van der Waals surface area contributed by atoms with Crippen molar-refractivity contribution in [1.82, 2.24) is 0 Å². The van der Waals surface area contributed by atoms with Gasteiger partial charge < -0.3 is 14.7 Å². The summed E-state index contributed by atoms with van der Waals surface area (Å²) in [4.78, 5) is 7.85.